The summed E-state index contributed by atoms with van der Waals surface area (Å²) in [5.41, 5.74) is 12.5. The molecule has 1 aromatic carbocycles. The van der Waals surface area contributed by atoms with Crippen molar-refractivity contribution < 1.29 is 0 Å². The summed E-state index contributed by atoms with van der Waals surface area (Å²) in [5.74, 6) is 0.985. The Balaban J connectivity index is 1.68. The number of benzene rings is 1. The fraction of sp³-hybridized carbons (Fsp3) is 0.379. The highest BCUT2D eigenvalue weighted by atomic mass is 14.4. The van der Waals surface area contributed by atoms with Gasteiger partial charge in [0.05, 0.1) is 0 Å². The second-order valence-corrected chi connectivity index (χ2v) is 10.0. The van der Waals surface area contributed by atoms with Crippen molar-refractivity contribution in [1.82, 2.24) is 0 Å². The smallest absolute Gasteiger partial charge is 0.0247 e. The zero-order chi connectivity index (χ0) is 20.2. The molecule has 0 saturated heterocycles. The molecule has 148 valence electrons. The van der Waals surface area contributed by atoms with Gasteiger partial charge in [0, 0.05) is 11.8 Å². The van der Waals surface area contributed by atoms with Crippen LogP contribution in [-0.4, -0.2) is 0 Å². The van der Waals surface area contributed by atoms with Gasteiger partial charge < -0.3 is 0 Å². The first-order valence-electron chi connectivity index (χ1n) is 11.3. The van der Waals surface area contributed by atoms with Crippen LogP contribution in [0.3, 0.4) is 0 Å². The third-order valence-electron chi connectivity index (χ3n) is 7.12. The van der Waals surface area contributed by atoms with Gasteiger partial charge in [-0.15, -0.1) is 0 Å². The predicted octanol–water partition coefficient (Wildman–Crippen LogP) is 7.96. The molecule has 4 aliphatic rings. The molecule has 0 aliphatic heterocycles. The van der Waals surface area contributed by atoms with E-state index in [2.05, 4.69) is 88.4 Å². The maximum atomic E-state index is 2.50. The normalized spacial score (nSPS) is 24.8. The van der Waals surface area contributed by atoms with E-state index >= 15 is 0 Å². The first-order valence-corrected chi connectivity index (χ1v) is 11.3. The number of hydrogen-bond acceptors (Lipinski definition) is 0. The van der Waals surface area contributed by atoms with Crippen LogP contribution in [-0.2, 0) is 5.41 Å². The van der Waals surface area contributed by atoms with Crippen molar-refractivity contribution in [3.05, 3.63) is 99.7 Å². The topological polar surface area (TPSA) is 0 Å². The molecule has 0 fully saturated rings. The van der Waals surface area contributed by atoms with Gasteiger partial charge in [0.2, 0.25) is 0 Å². The summed E-state index contributed by atoms with van der Waals surface area (Å²) in [6, 6.07) is 7.30. The molecule has 2 unspecified atom stereocenters. The average molecular weight is 381 g/mol. The maximum Gasteiger partial charge on any atom is 0.0247 e. The Morgan fingerprint density at radius 1 is 1.07 bits per heavy atom. The third-order valence-corrected chi connectivity index (χ3v) is 7.12. The first-order chi connectivity index (χ1) is 14.0. The molecule has 0 heteroatoms. The lowest BCUT2D eigenvalue weighted by molar-refractivity contribution is 0.589. The molecule has 0 saturated carbocycles. The van der Waals surface area contributed by atoms with Gasteiger partial charge in [0.25, 0.3) is 0 Å². The van der Waals surface area contributed by atoms with Gasteiger partial charge in [0.1, 0.15) is 0 Å². The predicted molar refractivity (Wildman–Crippen MR) is 125 cm³/mol. The minimum atomic E-state index is 0.172. The zero-order valence-corrected chi connectivity index (χ0v) is 18.3. The molecule has 0 amide bonds. The van der Waals surface area contributed by atoms with Crippen LogP contribution < -0.4 is 0 Å². The van der Waals surface area contributed by atoms with E-state index in [1.165, 1.54) is 47.1 Å². The molecule has 0 N–H and O–H groups in total. The van der Waals surface area contributed by atoms with Crippen molar-refractivity contribution in [1.29, 1.82) is 0 Å². The van der Waals surface area contributed by atoms with Gasteiger partial charge in [-0.05, 0) is 58.1 Å². The summed E-state index contributed by atoms with van der Waals surface area (Å²) in [5, 5.41) is 0. The van der Waals surface area contributed by atoms with Gasteiger partial charge in [-0.3, -0.25) is 0 Å². The van der Waals surface area contributed by atoms with E-state index < -0.39 is 0 Å². The molecular formula is C29H32. The minimum Gasteiger partial charge on any atom is -0.0801 e. The molecule has 0 aromatic heterocycles. The first kappa shape index (κ1) is 18.7. The van der Waals surface area contributed by atoms with E-state index in [0.29, 0.717) is 11.8 Å². The molecule has 4 aliphatic carbocycles. The molecule has 0 heterocycles. The van der Waals surface area contributed by atoms with Crippen LogP contribution >= 0.6 is 0 Å². The fourth-order valence-electron chi connectivity index (χ4n) is 5.53. The quantitative estimate of drug-likeness (QED) is 0.499. The largest absolute Gasteiger partial charge is 0.0801 e. The lowest BCUT2D eigenvalue weighted by Gasteiger charge is -2.23. The molecule has 29 heavy (non-hydrogen) atoms. The Kier molecular flexibility index (Phi) is 4.42. The number of fused-ring (bicyclic) bond motifs is 5. The SMILES string of the molecule is CCCC1=CC=C2c3cc(C(C)(C)C)ccc3C3C=CC(C4=CC=CC4)=C3CC12. The maximum absolute atomic E-state index is 2.50. The standard InChI is InChI=1S/C29H32/c1-5-8-19-11-13-25-26(19)18-28-22(20-9-6-7-10-20)15-16-24(28)23-14-12-21(17-27(23)25)29(2,3)4/h6-7,9,11-17,24,26H,5,8,10,18H2,1-4H3. The van der Waals surface area contributed by atoms with E-state index in [4.69, 9.17) is 0 Å². The van der Waals surface area contributed by atoms with Crippen molar-refractivity contribution in [2.45, 2.75) is 64.7 Å². The van der Waals surface area contributed by atoms with Crippen LogP contribution in [0.15, 0.2) is 83.0 Å². The lowest BCUT2D eigenvalue weighted by atomic mass is 9.81. The summed E-state index contributed by atoms with van der Waals surface area (Å²) in [4.78, 5) is 0. The van der Waals surface area contributed by atoms with Crippen LogP contribution in [0.4, 0.5) is 0 Å². The zero-order valence-electron chi connectivity index (χ0n) is 18.3. The number of hydrogen-bond donors (Lipinski definition) is 0. The van der Waals surface area contributed by atoms with Crippen LogP contribution in [0.2, 0.25) is 0 Å². The van der Waals surface area contributed by atoms with E-state index in [1.807, 2.05) is 0 Å². The second kappa shape index (κ2) is 6.87. The highest BCUT2D eigenvalue weighted by molar-refractivity contribution is 5.80. The molecule has 5 rings (SSSR count). The Labute approximate surface area is 176 Å². The van der Waals surface area contributed by atoms with Gasteiger partial charge >= 0.3 is 0 Å². The van der Waals surface area contributed by atoms with Crippen LogP contribution in [0.25, 0.3) is 5.57 Å². The van der Waals surface area contributed by atoms with Crippen LogP contribution in [0.1, 0.15) is 76.0 Å². The number of allylic oxidation sites excluding steroid dienone is 12. The summed E-state index contributed by atoms with van der Waals surface area (Å²) in [6.07, 6.45) is 21.2. The Hall–Kier alpha value is -2.34. The van der Waals surface area contributed by atoms with Crippen molar-refractivity contribution in [2.24, 2.45) is 5.92 Å². The average Bonchev–Trinajstić information content (AvgIpc) is 3.41. The Morgan fingerprint density at radius 3 is 2.66 bits per heavy atom. The lowest BCUT2D eigenvalue weighted by Crippen LogP contribution is -2.12. The summed E-state index contributed by atoms with van der Waals surface area (Å²) in [7, 11) is 0. The van der Waals surface area contributed by atoms with E-state index in [1.54, 1.807) is 16.7 Å². The minimum absolute atomic E-state index is 0.172. The highest BCUT2D eigenvalue weighted by Gasteiger charge is 2.36. The summed E-state index contributed by atoms with van der Waals surface area (Å²) in [6.45, 7) is 9.28. The van der Waals surface area contributed by atoms with Crippen LogP contribution in [0, 0.1) is 5.92 Å². The Morgan fingerprint density at radius 2 is 1.93 bits per heavy atom. The van der Waals surface area contributed by atoms with Crippen LogP contribution in [0.5, 0.6) is 0 Å². The molecule has 0 spiro atoms. The summed E-state index contributed by atoms with van der Waals surface area (Å²) < 4.78 is 0. The highest BCUT2D eigenvalue weighted by Crippen LogP contribution is 2.53. The molecule has 0 radical (unpaired) electrons. The Bertz CT molecular complexity index is 1040. The fourth-order valence-corrected chi connectivity index (χ4v) is 5.53. The van der Waals surface area contributed by atoms with Crippen molar-refractivity contribution in [3.8, 4) is 0 Å². The van der Waals surface area contributed by atoms with E-state index in [0.717, 1.165) is 6.42 Å². The van der Waals surface area contributed by atoms with Gasteiger partial charge in [-0.1, -0.05) is 106 Å². The third kappa shape index (κ3) is 3.05. The molecule has 0 nitrogen and oxygen atoms in total. The van der Waals surface area contributed by atoms with Crippen molar-refractivity contribution in [2.75, 3.05) is 0 Å². The number of rotatable bonds is 3. The van der Waals surface area contributed by atoms with Gasteiger partial charge in [0.15, 0.2) is 0 Å². The molecule has 2 atom stereocenters. The summed E-state index contributed by atoms with van der Waals surface area (Å²) >= 11 is 0. The van der Waals surface area contributed by atoms with E-state index in [-0.39, 0.29) is 5.41 Å². The van der Waals surface area contributed by atoms with Crippen molar-refractivity contribution in [3.63, 3.8) is 0 Å². The second-order valence-electron chi connectivity index (χ2n) is 10.0. The van der Waals surface area contributed by atoms with Gasteiger partial charge in [-0.2, -0.15) is 0 Å². The van der Waals surface area contributed by atoms with Crippen molar-refractivity contribution >= 4 is 5.57 Å². The van der Waals surface area contributed by atoms with Gasteiger partial charge in [-0.25, -0.2) is 0 Å². The molecular weight excluding hydrogens is 348 g/mol. The molecule has 0 bridgehead atoms. The van der Waals surface area contributed by atoms with E-state index in [9.17, 15) is 0 Å². The molecule has 1 aromatic rings. The monoisotopic (exact) mass is 380 g/mol.